The molecule has 0 aliphatic carbocycles. The van der Waals surface area contributed by atoms with Gasteiger partial charge in [0.25, 0.3) is 0 Å². The molecule has 0 aliphatic heterocycles. The SMILES string of the molecule is CCN(CC(=O)Nc1ccccc1C(F)(F)F)CC(=O)NC(c1ccccc1)c1cccs1. The summed E-state index contributed by atoms with van der Waals surface area (Å²) in [6.45, 7) is 1.86. The number of nitrogens with one attached hydrogen (secondary N) is 2. The summed E-state index contributed by atoms with van der Waals surface area (Å²) in [5.41, 5.74) is -0.295. The van der Waals surface area contributed by atoms with Crippen molar-refractivity contribution >= 4 is 28.8 Å². The molecule has 1 unspecified atom stereocenters. The molecule has 0 saturated carbocycles. The predicted octanol–water partition coefficient (Wildman–Crippen LogP) is 4.93. The number of benzene rings is 2. The van der Waals surface area contributed by atoms with Crippen molar-refractivity contribution in [2.24, 2.45) is 0 Å². The van der Waals surface area contributed by atoms with E-state index in [1.807, 2.05) is 47.8 Å². The lowest BCUT2D eigenvalue weighted by molar-refractivity contribution is -0.137. The molecule has 33 heavy (non-hydrogen) atoms. The van der Waals surface area contributed by atoms with Gasteiger partial charge in [-0.25, -0.2) is 0 Å². The molecule has 0 aliphatic rings. The maximum atomic E-state index is 13.2. The minimum Gasteiger partial charge on any atom is -0.343 e. The second-order valence-electron chi connectivity index (χ2n) is 7.32. The van der Waals surface area contributed by atoms with Gasteiger partial charge in [-0.1, -0.05) is 55.5 Å². The number of alkyl halides is 3. The van der Waals surface area contributed by atoms with Crippen LogP contribution < -0.4 is 10.6 Å². The van der Waals surface area contributed by atoms with Crippen LogP contribution in [0, 0.1) is 0 Å². The standard InChI is InChI=1S/C24H24F3N3O2S/c1-2-30(15-21(31)28-19-12-7-6-11-18(19)24(25,26)27)16-22(32)29-23(20-13-8-14-33-20)17-9-4-3-5-10-17/h3-14,23H,2,15-16H2,1H3,(H,28,31)(H,29,32). The van der Waals surface area contributed by atoms with Gasteiger partial charge in [0, 0.05) is 4.88 Å². The van der Waals surface area contributed by atoms with Crippen LogP contribution >= 0.6 is 11.3 Å². The number of nitrogens with zero attached hydrogens (tertiary/aromatic N) is 1. The number of likely N-dealkylation sites (N-methyl/N-ethyl adjacent to an activating group) is 1. The molecule has 2 amide bonds. The van der Waals surface area contributed by atoms with Crippen LogP contribution in [-0.2, 0) is 15.8 Å². The number of hydrogen-bond donors (Lipinski definition) is 2. The number of para-hydroxylation sites is 1. The lowest BCUT2D eigenvalue weighted by Crippen LogP contribution is -2.42. The Morgan fingerprint density at radius 1 is 0.939 bits per heavy atom. The zero-order valence-corrected chi connectivity index (χ0v) is 18.7. The van der Waals surface area contributed by atoms with E-state index in [0.717, 1.165) is 16.5 Å². The van der Waals surface area contributed by atoms with Crippen LogP contribution in [0.25, 0.3) is 0 Å². The van der Waals surface area contributed by atoms with Gasteiger partial charge in [0.15, 0.2) is 0 Å². The quantitative estimate of drug-likeness (QED) is 0.461. The fourth-order valence-electron chi connectivity index (χ4n) is 3.34. The first-order valence-corrected chi connectivity index (χ1v) is 11.2. The molecule has 0 spiro atoms. The van der Waals surface area contributed by atoms with Gasteiger partial charge in [-0.15, -0.1) is 11.3 Å². The van der Waals surface area contributed by atoms with Crippen molar-refractivity contribution in [1.82, 2.24) is 10.2 Å². The molecule has 2 aromatic carbocycles. The van der Waals surface area contributed by atoms with Crippen molar-refractivity contribution in [3.8, 4) is 0 Å². The second-order valence-corrected chi connectivity index (χ2v) is 8.30. The van der Waals surface area contributed by atoms with Crippen LogP contribution in [0.1, 0.15) is 29.0 Å². The summed E-state index contributed by atoms with van der Waals surface area (Å²) in [6.07, 6.45) is -4.58. The predicted molar refractivity (Wildman–Crippen MR) is 123 cm³/mol. The fourth-order valence-corrected chi connectivity index (χ4v) is 4.14. The van der Waals surface area contributed by atoms with Crippen LogP contribution in [-0.4, -0.2) is 36.3 Å². The third-order valence-corrected chi connectivity index (χ3v) is 5.89. The molecule has 0 fully saturated rings. The van der Waals surface area contributed by atoms with Gasteiger partial charge in [0.1, 0.15) is 0 Å². The average Bonchev–Trinajstić information content (AvgIpc) is 3.32. The Morgan fingerprint density at radius 2 is 1.61 bits per heavy atom. The maximum absolute atomic E-state index is 13.2. The number of rotatable bonds is 9. The highest BCUT2D eigenvalue weighted by atomic mass is 32.1. The molecule has 3 aromatic rings. The Morgan fingerprint density at radius 3 is 2.24 bits per heavy atom. The number of halogens is 3. The first-order chi connectivity index (χ1) is 15.8. The van der Waals surface area contributed by atoms with Crippen molar-refractivity contribution < 1.29 is 22.8 Å². The van der Waals surface area contributed by atoms with Gasteiger partial charge in [0.05, 0.1) is 30.4 Å². The number of thiophene rings is 1. The monoisotopic (exact) mass is 475 g/mol. The number of amides is 2. The van der Waals surface area contributed by atoms with Gasteiger partial charge < -0.3 is 10.6 Å². The minimum absolute atomic E-state index is 0.0699. The van der Waals surface area contributed by atoms with Gasteiger partial charge in [-0.2, -0.15) is 13.2 Å². The highest BCUT2D eigenvalue weighted by Gasteiger charge is 2.33. The van der Waals surface area contributed by atoms with E-state index in [4.69, 9.17) is 0 Å². The molecule has 1 heterocycles. The Kier molecular flexibility index (Phi) is 8.24. The van der Waals surface area contributed by atoms with E-state index < -0.39 is 17.6 Å². The smallest absolute Gasteiger partial charge is 0.343 e. The highest BCUT2D eigenvalue weighted by molar-refractivity contribution is 7.10. The molecular formula is C24H24F3N3O2S. The van der Waals surface area contributed by atoms with Crippen LogP contribution in [0.2, 0.25) is 0 Å². The molecule has 9 heteroatoms. The molecule has 1 aromatic heterocycles. The molecule has 0 bridgehead atoms. The summed E-state index contributed by atoms with van der Waals surface area (Å²) >= 11 is 1.52. The Labute approximate surface area is 194 Å². The lowest BCUT2D eigenvalue weighted by Gasteiger charge is -2.23. The summed E-state index contributed by atoms with van der Waals surface area (Å²) in [4.78, 5) is 27.7. The topological polar surface area (TPSA) is 61.4 Å². The van der Waals surface area contributed by atoms with Crippen molar-refractivity contribution in [3.05, 3.63) is 88.1 Å². The van der Waals surface area contributed by atoms with E-state index in [9.17, 15) is 22.8 Å². The van der Waals surface area contributed by atoms with Crippen LogP contribution in [0.5, 0.6) is 0 Å². The molecule has 2 N–H and O–H groups in total. The van der Waals surface area contributed by atoms with Gasteiger partial charge >= 0.3 is 6.18 Å². The zero-order valence-electron chi connectivity index (χ0n) is 17.9. The van der Waals surface area contributed by atoms with Gasteiger partial charge in [-0.05, 0) is 35.7 Å². The summed E-state index contributed by atoms with van der Waals surface area (Å²) in [5, 5.41) is 7.24. The van der Waals surface area contributed by atoms with E-state index in [1.165, 1.54) is 29.5 Å². The molecule has 5 nitrogen and oxygen atoms in total. The first-order valence-electron chi connectivity index (χ1n) is 10.3. The molecule has 3 rings (SSSR count). The molecule has 0 radical (unpaired) electrons. The molecular weight excluding hydrogens is 451 g/mol. The Balaban J connectivity index is 1.63. The Hall–Kier alpha value is -3.17. The van der Waals surface area contributed by atoms with E-state index in [0.29, 0.717) is 6.54 Å². The number of anilines is 1. The normalized spacial score (nSPS) is 12.4. The summed E-state index contributed by atoms with van der Waals surface area (Å²) < 4.78 is 39.5. The van der Waals surface area contributed by atoms with Crippen molar-refractivity contribution in [2.75, 3.05) is 25.0 Å². The first kappa shape index (κ1) is 24.5. The maximum Gasteiger partial charge on any atom is 0.418 e. The van der Waals surface area contributed by atoms with Crippen LogP contribution in [0.3, 0.4) is 0 Å². The molecule has 1 atom stereocenters. The summed E-state index contributed by atoms with van der Waals surface area (Å²) in [6, 6.07) is 17.8. The summed E-state index contributed by atoms with van der Waals surface area (Å²) in [5.74, 6) is -0.915. The largest absolute Gasteiger partial charge is 0.418 e. The van der Waals surface area contributed by atoms with E-state index >= 15 is 0 Å². The lowest BCUT2D eigenvalue weighted by atomic mass is 10.1. The minimum atomic E-state index is -4.58. The third kappa shape index (κ3) is 6.90. The number of hydrogen-bond acceptors (Lipinski definition) is 4. The average molecular weight is 476 g/mol. The Bertz CT molecular complexity index is 1060. The highest BCUT2D eigenvalue weighted by Crippen LogP contribution is 2.34. The third-order valence-electron chi connectivity index (χ3n) is 4.95. The van der Waals surface area contributed by atoms with Crippen LogP contribution in [0.15, 0.2) is 72.1 Å². The molecule has 0 saturated heterocycles. The molecule has 174 valence electrons. The zero-order chi connectivity index (χ0) is 23.8. The van der Waals surface area contributed by atoms with E-state index in [1.54, 1.807) is 11.8 Å². The number of carbonyl (C=O) groups is 2. The second kappa shape index (κ2) is 11.1. The van der Waals surface area contributed by atoms with Crippen molar-refractivity contribution in [1.29, 1.82) is 0 Å². The van der Waals surface area contributed by atoms with Crippen molar-refractivity contribution in [2.45, 2.75) is 19.1 Å². The van der Waals surface area contributed by atoms with E-state index in [-0.39, 0.29) is 30.7 Å². The van der Waals surface area contributed by atoms with Gasteiger partial charge in [0.2, 0.25) is 11.8 Å². The van der Waals surface area contributed by atoms with E-state index in [2.05, 4.69) is 10.6 Å². The van der Waals surface area contributed by atoms with Crippen molar-refractivity contribution in [3.63, 3.8) is 0 Å². The van der Waals surface area contributed by atoms with Crippen LogP contribution in [0.4, 0.5) is 18.9 Å². The fraction of sp³-hybridized carbons (Fsp3) is 0.250. The van der Waals surface area contributed by atoms with Gasteiger partial charge in [-0.3, -0.25) is 14.5 Å². The summed E-state index contributed by atoms with van der Waals surface area (Å²) in [7, 11) is 0. The number of carbonyl (C=O) groups excluding carboxylic acids is 2.